The molecule has 16 heavy (non-hydrogen) atoms. The van der Waals surface area contributed by atoms with Crippen LogP contribution in [0, 0.1) is 5.92 Å². The summed E-state index contributed by atoms with van der Waals surface area (Å²) >= 11 is 0. The maximum absolute atomic E-state index is 11.4. The molecule has 92 valence electrons. The van der Waals surface area contributed by atoms with Crippen molar-refractivity contribution in [3.63, 3.8) is 0 Å². The van der Waals surface area contributed by atoms with Crippen LogP contribution < -0.4 is 5.73 Å². The number of rotatable bonds is 4. The molecule has 1 aliphatic carbocycles. The number of piperidine rings is 1. The summed E-state index contributed by atoms with van der Waals surface area (Å²) in [5, 5.41) is 0. The first-order valence-corrected chi connectivity index (χ1v) is 6.14. The first-order valence-electron chi connectivity index (χ1n) is 6.14. The lowest BCUT2D eigenvalue weighted by molar-refractivity contribution is -0.146. The minimum atomic E-state index is -0.837. The van der Waals surface area contributed by atoms with Crippen LogP contribution in [0.15, 0.2) is 0 Å². The van der Waals surface area contributed by atoms with Crippen molar-refractivity contribution in [3.8, 4) is 0 Å². The van der Waals surface area contributed by atoms with Crippen LogP contribution in [0.4, 0.5) is 0 Å². The number of nitrogens with zero attached hydrogens (tertiary/aromatic N) is 1. The molecule has 1 saturated heterocycles. The zero-order chi connectivity index (χ0) is 11.8. The number of nitrogens with two attached hydrogens (primary N) is 1. The summed E-state index contributed by atoms with van der Waals surface area (Å²) in [5.74, 6) is 0.587. The van der Waals surface area contributed by atoms with Crippen LogP contribution in [-0.2, 0) is 9.53 Å². The molecular weight excluding hydrogens is 204 g/mol. The molecule has 1 saturated carbocycles. The van der Waals surface area contributed by atoms with Crippen molar-refractivity contribution in [1.82, 2.24) is 4.90 Å². The van der Waals surface area contributed by atoms with Gasteiger partial charge in [0.15, 0.2) is 0 Å². The average molecular weight is 226 g/mol. The second-order valence-corrected chi connectivity index (χ2v) is 5.49. The summed E-state index contributed by atoms with van der Waals surface area (Å²) in [7, 11) is 1.39. The van der Waals surface area contributed by atoms with Gasteiger partial charge >= 0.3 is 5.97 Å². The third kappa shape index (κ3) is 2.23. The summed E-state index contributed by atoms with van der Waals surface area (Å²) in [6.45, 7) is 3.87. The van der Waals surface area contributed by atoms with E-state index >= 15 is 0 Å². The van der Waals surface area contributed by atoms with Crippen molar-refractivity contribution in [1.29, 1.82) is 0 Å². The highest BCUT2D eigenvalue weighted by Crippen LogP contribution is 2.37. The largest absolute Gasteiger partial charge is 0.468 e. The number of hydrogen-bond acceptors (Lipinski definition) is 4. The number of likely N-dealkylation sites (tertiary alicyclic amines) is 1. The molecule has 0 amide bonds. The lowest BCUT2D eigenvalue weighted by Crippen LogP contribution is -2.48. The number of carbonyl (C=O) groups excluding carboxylic acids is 1. The third-order valence-corrected chi connectivity index (χ3v) is 4.09. The van der Waals surface area contributed by atoms with Crippen LogP contribution in [0.1, 0.15) is 32.6 Å². The molecular formula is C12H22N2O2. The first-order chi connectivity index (χ1) is 7.53. The smallest absolute Gasteiger partial charge is 0.325 e. The Kier molecular flexibility index (Phi) is 3.22. The molecule has 2 N–H and O–H groups in total. The highest BCUT2D eigenvalue weighted by atomic mass is 16.5. The van der Waals surface area contributed by atoms with Crippen molar-refractivity contribution in [2.24, 2.45) is 11.7 Å². The number of hydrogen-bond donors (Lipinski definition) is 1. The Bertz CT molecular complexity index is 278. The van der Waals surface area contributed by atoms with Crippen molar-refractivity contribution >= 4 is 5.97 Å². The SMILES string of the molecule is COC(=O)C(C)(N)CCN1CC2CCC1C2. The highest BCUT2D eigenvalue weighted by molar-refractivity contribution is 5.79. The maximum atomic E-state index is 11.4. The second-order valence-electron chi connectivity index (χ2n) is 5.49. The van der Waals surface area contributed by atoms with Crippen LogP contribution in [0.5, 0.6) is 0 Å². The fraction of sp³-hybridized carbons (Fsp3) is 0.917. The van der Waals surface area contributed by atoms with E-state index in [0.717, 1.165) is 18.5 Å². The minimum absolute atomic E-state index is 0.308. The lowest BCUT2D eigenvalue weighted by atomic mass is 9.98. The van der Waals surface area contributed by atoms with Gasteiger partial charge in [0.05, 0.1) is 7.11 Å². The normalized spacial score (nSPS) is 32.7. The average Bonchev–Trinajstić information content (AvgIpc) is 2.86. The third-order valence-electron chi connectivity index (χ3n) is 4.09. The van der Waals surface area contributed by atoms with E-state index in [4.69, 9.17) is 10.5 Å². The van der Waals surface area contributed by atoms with E-state index in [1.165, 1.54) is 32.9 Å². The van der Waals surface area contributed by atoms with Gasteiger partial charge < -0.3 is 15.4 Å². The molecule has 4 nitrogen and oxygen atoms in total. The van der Waals surface area contributed by atoms with E-state index in [0.29, 0.717) is 6.42 Å². The van der Waals surface area contributed by atoms with E-state index in [9.17, 15) is 4.79 Å². The molecule has 4 heteroatoms. The number of methoxy groups -OCH3 is 1. The molecule has 0 aromatic heterocycles. The molecule has 3 atom stereocenters. The Morgan fingerprint density at radius 1 is 1.56 bits per heavy atom. The van der Waals surface area contributed by atoms with Gasteiger partial charge in [-0.2, -0.15) is 0 Å². The van der Waals surface area contributed by atoms with Gasteiger partial charge in [0.2, 0.25) is 0 Å². The number of fused-ring (bicyclic) bond motifs is 2. The van der Waals surface area contributed by atoms with Gasteiger partial charge in [-0.05, 0) is 38.5 Å². The van der Waals surface area contributed by atoms with Gasteiger partial charge in [-0.15, -0.1) is 0 Å². The Morgan fingerprint density at radius 3 is 2.81 bits per heavy atom. The molecule has 0 spiro atoms. The van der Waals surface area contributed by atoms with Crippen molar-refractivity contribution in [2.45, 2.75) is 44.2 Å². The van der Waals surface area contributed by atoms with Gasteiger partial charge in [-0.25, -0.2) is 0 Å². The second kappa shape index (κ2) is 4.34. The Morgan fingerprint density at radius 2 is 2.31 bits per heavy atom. The fourth-order valence-corrected chi connectivity index (χ4v) is 3.01. The van der Waals surface area contributed by atoms with Gasteiger partial charge in [0.1, 0.15) is 5.54 Å². The van der Waals surface area contributed by atoms with E-state index < -0.39 is 5.54 Å². The van der Waals surface area contributed by atoms with Crippen LogP contribution in [0.25, 0.3) is 0 Å². The number of ether oxygens (including phenoxy) is 1. The summed E-state index contributed by atoms with van der Waals surface area (Å²) < 4.78 is 4.71. The first kappa shape index (κ1) is 11.9. The van der Waals surface area contributed by atoms with Crippen LogP contribution in [-0.4, -0.2) is 42.6 Å². The predicted molar refractivity (Wildman–Crippen MR) is 61.9 cm³/mol. The topological polar surface area (TPSA) is 55.6 Å². The maximum Gasteiger partial charge on any atom is 0.325 e. The highest BCUT2D eigenvalue weighted by Gasteiger charge is 2.39. The van der Waals surface area contributed by atoms with Crippen molar-refractivity contribution in [2.75, 3.05) is 20.2 Å². The Labute approximate surface area is 97.1 Å². The van der Waals surface area contributed by atoms with Crippen molar-refractivity contribution in [3.05, 3.63) is 0 Å². The predicted octanol–water partition coefficient (Wildman–Crippen LogP) is 0.751. The van der Waals surface area contributed by atoms with E-state index in [-0.39, 0.29) is 5.97 Å². The Balaban J connectivity index is 1.81. The molecule has 0 aromatic rings. The number of carbonyl (C=O) groups is 1. The quantitative estimate of drug-likeness (QED) is 0.719. The Hall–Kier alpha value is -0.610. The molecule has 1 heterocycles. The molecule has 3 unspecified atom stereocenters. The van der Waals surface area contributed by atoms with Gasteiger partial charge in [-0.3, -0.25) is 4.79 Å². The van der Waals surface area contributed by atoms with Crippen LogP contribution >= 0.6 is 0 Å². The summed E-state index contributed by atoms with van der Waals surface area (Å²) in [4.78, 5) is 13.9. The van der Waals surface area contributed by atoms with Gasteiger partial charge in [-0.1, -0.05) is 0 Å². The molecule has 2 bridgehead atoms. The zero-order valence-corrected chi connectivity index (χ0v) is 10.2. The van der Waals surface area contributed by atoms with E-state index in [1.807, 2.05) is 0 Å². The fourth-order valence-electron chi connectivity index (χ4n) is 3.01. The standard InChI is InChI=1S/C12H22N2O2/c1-12(13,11(15)16-2)5-6-14-8-9-3-4-10(14)7-9/h9-10H,3-8,13H2,1-2H3. The molecule has 0 aromatic carbocycles. The molecule has 2 aliphatic rings. The summed E-state index contributed by atoms with van der Waals surface area (Å²) in [5.41, 5.74) is 5.11. The van der Waals surface area contributed by atoms with Gasteiger partial charge in [0, 0.05) is 19.1 Å². The molecule has 0 radical (unpaired) electrons. The molecule has 1 aliphatic heterocycles. The zero-order valence-electron chi connectivity index (χ0n) is 10.2. The van der Waals surface area contributed by atoms with Crippen LogP contribution in [0.3, 0.4) is 0 Å². The van der Waals surface area contributed by atoms with E-state index in [2.05, 4.69) is 4.90 Å². The molecule has 2 fully saturated rings. The van der Waals surface area contributed by atoms with E-state index in [1.54, 1.807) is 6.92 Å². The van der Waals surface area contributed by atoms with Gasteiger partial charge in [0.25, 0.3) is 0 Å². The summed E-state index contributed by atoms with van der Waals surface area (Å²) in [6, 6.07) is 0.749. The molecule has 2 rings (SSSR count). The summed E-state index contributed by atoms with van der Waals surface area (Å²) in [6.07, 6.45) is 4.74. The minimum Gasteiger partial charge on any atom is -0.468 e. The monoisotopic (exact) mass is 226 g/mol. The number of esters is 1. The van der Waals surface area contributed by atoms with Crippen molar-refractivity contribution < 1.29 is 9.53 Å². The lowest BCUT2D eigenvalue weighted by Gasteiger charge is -2.30. The van der Waals surface area contributed by atoms with Crippen LogP contribution in [0.2, 0.25) is 0 Å².